The third kappa shape index (κ3) is 6.47. The number of allylic oxidation sites excluding steroid dienone is 3. The maximum absolute atomic E-state index is 2.32. The highest BCUT2D eigenvalue weighted by molar-refractivity contribution is 6.52. The first kappa shape index (κ1) is 15.6. The molecular weight excluding hydrogens is 215 g/mol. The summed E-state index contributed by atoms with van der Waals surface area (Å²) in [7, 11) is 2.32. The molecule has 1 aliphatic heterocycles. The van der Waals surface area contributed by atoms with Gasteiger partial charge in [0.25, 0.3) is 0 Å². The van der Waals surface area contributed by atoms with E-state index in [1.54, 1.807) is 5.47 Å². The van der Waals surface area contributed by atoms with Gasteiger partial charge in [-0.05, 0) is 18.8 Å². The number of hydrogen-bond donors (Lipinski definition) is 0. The van der Waals surface area contributed by atoms with E-state index in [4.69, 9.17) is 0 Å². The smallest absolute Gasteiger partial charge is 0.117 e. The lowest BCUT2D eigenvalue weighted by Gasteiger charge is -2.18. The quantitative estimate of drug-likeness (QED) is 0.325. The second kappa shape index (κ2) is 10.5. The first-order valence-electron chi connectivity index (χ1n) is 8.10. The zero-order valence-electron chi connectivity index (χ0n) is 12.5. The largest absolute Gasteiger partial charge is 0.176 e. The average Bonchev–Trinajstić information content (AvgIpc) is 2.90. The molecule has 0 aromatic rings. The molecule has 0 aliphatic carbocycles. The van der Waals surface area contributed by atoms with Crippen LogP contribution in [0, 0.1) is 5.92 Å². The predicted molar refractivity (Wildman–Crippen MR) is 84.0 cm³/mol. The highest BCUT2D eigenvalue weighted by Gasteiger charge is 2.14. The van der Waals surface area contributed by atoms with E-state index in [0.29, 0.717) is 0 Å². The molecular formula is C17H30B. The average molecular weight is 245 g/mol. The fraction of sp³-hybridized carbons (Fsp3) is 0.765. The second-order valence-corrected chi connectivity index (χ2v) is 5.61. The van der Waals surface area contributed by atoms with Crippen LogP contribution in [-0.4, -0.2) is 7.28 Å². The van der Waals surface area contributed by atoms with Crippen molar-refractivity contribution in [3.05, 3.63) is 23.6 Å². The summed E-state index contributed by atoms with van der Waals surface area (Å²) in [6.45, 7) is 4.58. The number of hydrogen-bond acceptors (Lipinski definition) is 0. The SMILES string of the molecule is CCCCCCCC(CCCCC)C1=CC=C[B]1. The fourth-order valence-corrected chi connectivity index (χ4v) is 2.77. The normalized spacial score (nSPS) is 15.6. The highest BCUT2D eigenvalue weighted by Crippen LogP contribution is 2.26. The van der Waals surface area contributed by atoms with Gasteiger partial charge < -0.3 is 0 Å². The van der Waals surface area contributed by atoms with Crippen LogP contribution in [0.25, 0.3) is 0 Å². The zero-order valence-corrected chi connectivity index (χ0v) is 12.5. The molecule has 0 aromatic carbocycles. The molecule has 0 bridgehead atoms. The maximum Gasteiger partial charge on any atom is 0.176 e. The molecule has 1 aliphatic rings. The van der Waals surface area contributed by atoms with Gasteiger partial charge in [0.15, 0.2) is 7.28 Å². The van der Waals surface area contributed by atoms with Crippen LogP contribution in [0.1, 0.15) is 78.1 Å². The van der Waals surface area contributed by atoms with Crippen LogP contribution < -0.4 is 0 Å². The van der Waals surface area contributed by atoms with Crippen molar-refractivity contribution in [2.75, 3.05) is 0 Å². The molecule has 1 radical (unpaired) electrons. The molecule has 1 atom stereocenters. The monoisotopic (exact) mass is 245 g/mol. The molecule has 101 valence electrons. The van der Waals surface area contributed by atoms with Gasteiger partial charge >= 0.3 is 0 Å². The van der Waals surface area contributed by atoms with Crippen molar-refractivity contribution in [2.45, 2.75) is 78.1 Å². The molecule has 0 amide bonds. The van der Waals surface area contributed by atoms with E-state index in [1.165, 1.54) is 64.2 Å². The van der Waals surface area contributed by atoms with E-state index in [2.05, 4.69) is 39.3 Å². The molecule has 1 heteroatoms. The van der Waals surface area contributed by atoms with Gasteiger partial charge in [0.1, 0.15) is 0 Å². The third-order valence-electron chi connectivity index (χ3n) is 3.97. The van der Waals surface area contributed by atoms with Gasteiger partial charge in [0.05, 0.1) is 0 Å². The van der Waals surface area contributed by atoms with E-state index in [0.717, 1.165) is 5.92 Å². The van der Waals surface area contributed by atoms with Gasteiger partial charge in [-0.15, -0.1) is 11.4 Å². The van der Waals surface area contributed by atoms with Crippen molar-refractivity contribution in [1.82, 2.24) is 0 Å². The summed E-state index contributed by atoms with van der Waals surface area (Å²) in [5.41, 5.74) is 1.58. The highest BCUT2D eigenvalue weighted by atomic mass is 14.1. The first-order valence-corrected chi connectivity index (χ1v) is 8.10. The van der Waals surface area contributed by atoms with E-state index in [-0.39, 0.29) is 0 Å². The summed E-state index contributed by atoms with van der Waals surface area (Å²) >= 11 is 0. The van der Waals surface area contributed by atoms with Crippen LogP contribution in [0.2, 0.25) is 0 Å². The molecule has 0 spiro atoms. The van der Waals surface area contributed by atoms with Gasteiger partial charge in [-0.3, -0.25) is 0 Å². The summed E-state index contributed by atoms with van der Waals surface area (Å²) in [6, 6.07) is 0. The molecule has 18 heavy (non-hydrogen) atoms. The lowest BCUT2D eigenvalue weighted by atomic mass is 9.65. The van der Waals surface area contributed by atoms with Crippen molar-refractivity contribution < 1.29 is 0 Å². The van der Waals surface area contributed by atoms with E-state index < -0.39 is 0 Å². The van der Waals surface area contributed by atoms with Crippen molar-refractivity contribution in [1.29, 1.82) is 0 Å². The molecule has 0 saturated heterocycles. The van der Waals surface area contributed by atoms with Crippen LogP contribution in [0.5, 0.6) is 0 Å². The Balaban J connectivity index is 2.21. The molecule has 0 nitrogen and oxygen atoms in total. The van der Waals surface area contributed by atoms with E-state index in [9.17, 15) is 0 Å². The van der Waals surface area contributed by atoms with E-state index >= 15 is 0 Å². The van der Waals surface area contributed by atoms with Crippen molar-refractivity contribution in [2.24, 2.45) is 5.92 Å². The number of rotatable bonds is 11. The molecule has 0 N–H and O–H groups in total. The standard InChI is InChI=1S/C17H30B/c1-3-5-7-8-10-13-16(12-9-6-4-2)17-14-11-15-18-17/h11,14-16H,3-10,12-13H2,1-2H3. The third-order valence-corrected chi connectivity index (χ3v) is 3.97. The maximum atomic E-state index is 2.32. The summed E-state index contributed by atoms with van der Waals surface area (Å²) in [5, 5.41) is 0. The lowest BCUT2D eigenvalue weighted by Crippen LogP contribution is -2.08. The summed E-state index contributed by atoms with van der Waals surface area (Å²) in [6.07, 6.45) is 18.5. The van der Waals surface area contributed by atoms with Gasteiger partial charge in [-0.2, -0.15) is 0 Å². The minimum absolute atomic E-state index is 0.827. The fourth-order valence-electron chi connectivity index (χ4n) is 2.77. The Hall–Kier alpha value is -0.455. The Morgan fingerprint density at radius 2 is 1.50 bits per heavy atom. The Kier molecular flexibility index (Phi) is 9.07. The molecule has 1 rings (SSSR count). The second-order valence-electron chi connectivity index (χ2n) is 5.61. The predicted octanol–water partition coefficient (Wildman–Crippen LogP) is 5.66. The molecule has 0 saturated carbocycles. The molecule has 0 aromatic heterocycles. The minimum atomic E-state index is 0.827. The molecule has 1 unspecified atom stereocenters. The minimum Gasteiger partial charge on any atom is -0.117 e. The van der Waals surface area contributed by atoms with Gasteiger partial charge in [0, 0.05) is 0 Å². The Morgan fingerprint density at radius 3 is 2.11 bits per heavy atom. The van der Waals surface area contributed by atoms with Crippen LogP contribution >= 0.6 is 0 Å². The first-order chi connectivity index (χ1) is 8.88. The Bertz CT molecular complexity index is 252. The lowest BCUT2D eigenvalue weighted by molar-refractivity contribution is 0.468. The summed E-state index contributed by atoms with van der Waals surface area (Å²) in [5.74, 6) is 3.02. The van der Waals surface area contributed by atoms with E-state index in [1.807, 2.05) is 0 Å². The van der Waals surface area contributed by atoms with Gasteiger partial charge in [0.2, 0.25) is 0 Å². The van der Waals surface area contributed by atoms with Crippen molar-refractivity contribution in [3.8, 4) is 0 Å². The van der Waals surface area contributed by atoms with Crippen molar-refractivity contribution >= 4 is 7.28 Å². The topological polar surface area (TPSA) is 0 Å². The van der Waals surface area contributed by atoms with Crippen molar-refractivity contribution in [3.63, 3.8) is 0 Å². The van der Waals surface area contributed by atoms with Gasteiger partial charge in [-0.25, -0.2) is 0 Å². The van der Waals surface area contributed by atoms with Crippen LogP contribution in [0.3, 0.4) is 0 Å². The van der Waals surface area contributed by atoms with Crippen LogP contribution in [0.15, 0.2) is 23.6 Å². The Labute approximate surface area is 115 Å². The molecule has 0 fully saturated rings. The Morgan fingerprint density at radius 1 is 0.889 bits per heavy atom. The summed E-state index contributed by atoms with van der Waals surface area (Å²) in [4.78, 5) is 0. The molecule has 1 heterocycles. The van der Waals surface area contributed by atoms with Gasteiger partial charge in [-0.1, -0.05) is 77.4 Å². The van der Waals surface area contributed by atoms with Crippen LogP contribution in [-0.2, 0) is 0 Å². The summed E-state index contributed by atoms with van der Waals surface area (Å²) < 4.78 is 0. The number of unbranched alkanes of at least 4 members (excludes halogenated alkanes) is 6. The van der Waals surface area contributed by atoms with Crippen LogP contribution in [0.4, 0.5) is 0 Å². The zero-order chi connectivity index (χ0) is 13.1.